The standard InChI is InChI=1S/C52H33N7O24S5/c60-45(24-4-3-5-28(17-24)84-81-78-68)43-40-30-6-1-2-7-31(30)46(61)41-34(20-36(44(42(40)41)56-47(43)62)77-35-13-10-23(18-38(35)86-83-80-70)22-8-11-29(12-9-22)87(71,72)73)54-32-19-33(39(88(74,75)76)21-37(32)85-82-79-69)55-51-57-50(58-52(67)59-51)53-27-15-25(48(63)64)14-26(16-27)49(65)66/h1-21,54,68-70H,(H,56,62)(H,63,64)(H,65,66)(H,71,72,73)(H,74,75,76)(H3,53,55,57,58,59,67). The Morgan fingerprint density at radius 1 is 0.557 bits per heavy atom. The van der Waals surface area contributed by atoms with Crippen molar-refractivity contribution in [3.63, 3.8) is 0 Å². The molecule has 10 rings (SSSR count). The summed E-state index contributed by atoms with van der Waals surface area (Å²) in [6.45, 7) is 0. The summed E-state index contributed by atoms with van der Waals surface area (Å²) >= 11 is 1.03. The number of H-pyrrole nitrogens is 1. The fraction of sp³-hybridized carbons (Fsp3) is 0. The average Bonchev–Trinajstić information content (AvgIpc) is 0.765. The highest BCUT2D eigenvalue weighted by Gasteiger charge is 2.36. The third-order valence-electron chi connectivity index (χ3n) is 12.5. The van der Waals surface area contributed by atoms with Crippen LogP contribution in [0.2, 0.25) is 0 Å². The highest BCUT2D eigenvalue weighted by atomic mass is 32.2. The largest absolute Gasteiger partial charge is 0.479 e. The molecule has 0 bridgehead atoms. The Kier molecular flexibility index (Phi) is 17.8. The molecule has 0 unspecified atom stereocenters. The van der Waals surface area contributed by atoms with Gasteiger partial charge in [-0.2, -0.15) is 31.8 Å². The van der Waals surface area contributed by atoms with Gasteiger partial charge in [0, 0.05) is 38.7 Å². The van der Waals surface area contributed by atoms with Crippen molar-refractivity contribution in [2.24, 2.45) is 0 Å². The van der Waals surface area contributed by atoms with Gasteiger partial charge >= 0.3 is 17.9 Å². The number of ether oxygens (including phenoxy) is 1. The maximum Gasteiger partial charge on any atom is 0.335 e. The number of carboxylic acids is 2. The highest BCUT2D eigenvalue weighted by molar-refractivity contribution is 7.95. The van der Waals surface area contributed by atoms with E-state index in [0.717, 1.165) is 42.5 Å². The van der Waals surface area contributed by atoms with Gasteiger partial charge in [0.15, 0.2) is 17.3 Å². The molecular formula is C52H33N7O24S5. The van der Waals surface area contributed by atoms with Crippen molar-refractivity contribution in [2.75, 3.05) is 16.0 Å². The lowest BCUT2D eigenvalue weighted by atomic mass is 9.80. The molecular weight excluding hydrogens is 1270 g/mol. The number of carboxylic acid groups (broad SMARTS) is 2. The molecule has 0 amide bonds. The summed E-state index contributed by atoms with van der Waals surface area (Å²) in [5.74, 6) is -6.43. The molecule has 0 saturated carbocycles. The molecule has 0 atom stereocenters. The number of aromatic nitrogens is 4. The van der Waals surface area contributed by atoms with E-state index in [0.29, 0.717) is 35.2 Å². The van der Waals surface area contributed by atoms with Gasteiger partial charge in [-0.1, -0.05) is 69.7 Å². The van der Waals surface area contributed by atoms with Gasteiger partial charge in [-0.25, -0.2) is 25.4 Å². The van der Waals surface area contributed by atoms with Crippen LogP contribution >= 0.6 is 36.1 Å². The van der Waals surface area contributed by atoms with Crippen LogP contribution < -0.4 is 26.2 Å². The van der Waals surface area contributed by atoms with E-state index < -0.39 is 99.4 Å². The Morgan fingerprint density at radius 2 is 1.19 bits per heavy atom. The van der Waals surface area contributed by atoms with Crippen LogP contribution in [0.4, 0.5) is 34.6 Å². The van der Waals surface area contributed by atoms with Gasteiger partial charge in [0.1, 0.15) is 10.6 Å². The second-order valence-corrected chi connectivity index (χ2v) is 22.9. The highest BCUT2D eigenvalue weighted by Crippen LogP contribution is 2.50. The predicted molar refractivity (Wildman–Crippen MR) is 305 cm³/mol. The predicted octanol–water partition coefficient (Wildman–Crippen LogP) is 9.73. The number of benzene rings is 7. The molecule has 0 radical (unpaired) electrons. The first-order valence-electron chi connectivity index (χ1n) is 24.0. The summed E-state index contributed by atoms with van der Waals surface area (Å²) in [6, 6.07) is 25.5. The molecule has 1 aliphatic rings. The van der Waals surface area contributed by atoms with Gasteiger partial charge in [-0.15, -0.1) is 13.0 Å². The Hall–Kier alpha value is -9.45. The minimum absolute atomic E-state index is 0.00577. The van der Waals surface area contributed by atoms with Crippen molar-refractivity contribution >= 4 is 125 Å². The molecule has 0 spiro atoms. The molecule has 0 aliphatic heterocycles. The zero-order chi connectivity index (χ0) is 62.8. The monoisotopic (exact) mass is 1300 g/mol. The molecule has 9 aromatic rings. The Morgan fingerprint density at radius 3 is 1.84 bits per heavy atom. The third-order valence-corrected chi connectivity index (χ3v) is 16.2. The molecule has 88 heavy (non-hydrogen) atoms. The van der Waals surface area contributed by atoms with Crippen molar-refractivity contribution < 1.29 is 109 Å². The number of nitrogens with one attached hydrogen (secondary N) is 4. The van der Waals surface area contributed by atoms with E-state index in [9.17, 15) is 71.0 Å². The Labute approximate surface area is 503 Å². The summed E-state index contributed by atoms with van der Waals surface area (Å²) in [4.78, 5) is 81.5. The van der Waals surface area contributed by atoms with Crippen LogP contribution in [0.25, 0.3) is 33.2 Å². The number of aromatic amines is 1. The lowest BCUT2D eigenvalue weighted by Gasteiger charge is -2.26. The number of nitrogens with zero attached hydrogens (tertiary/aromatic N) is 3. The molecule has 7 aromatic carbocycles. The molecule has 2 aromatic heterocycles. The number of hydrogen-bond acceptors (Lipinski definition) is 29. The Bertz CT molecular complexity index is 4620. The second kappa shape index (κ2) is 25.5. The maximum atomic E-state index is 15.3. The van der Waals surface area contributed by atoms with Crippen LogP contribution in [-0.4, -0.2) is 100 Å². The van der Waals surface area contributed by atoms with Gasteiger partial charge in [-0.3, -0.25) is 23.5 Å². The summed E-state index contributed by atoms with van der Waals surface area (Å²) in [5.41, 5.74) is -3.94. The lowest BCUT2D eigenvalue weighted by Crippen LogP contribution is -2.24. The van der Waals surface area contributed by atoms with Crippen molar-refractivity contribution in [1.82, 2.24) is 19.9 Å². The fourth-order valence-electron chi connectivity index (χ4n) is 9.01. The van der Waals surface area contributed by atoms with Crippen molar-refractivity contribution in [2.45, 2.75) is 24.5 Å². The van der Waals surface area contributed by atoms with Crippen LogP contribution in [0.1, 0.15) is 52.6 Å². The number of carbonyl (C=O) groups is 4. The number of pyridine rings is 1. The number of ketones is 2. The normalized spacial score (nSPS) is 11.9. The first kappa shape index (κ1) is 61.6. The number of anilines is 6. The van der Waals surface area contributed by atoms with Crippen LogP contribution in [0, 0.1) is 0 Å². The topological polar surface area (TPSA) is 471 Å². The first-order chi connectivity index (χ1) is 42.0. The van der Waals surface area contributed by atoms with E-state index in [2.05, 4.69) is 55.3 Å². The summed E-state index contributed by atoms with van der Waals surface area (Å²) in [7, 11) is -9.94. The molecule has 450 valence electrons. The molecule has 2 heterocycles. The maximum absolute atomic E-state index is 15.3. The van der Waals surface area contributed by atoms with Gasteiger partial charge < -0.3 is 41.0 Å². The molecule has 31 nitrogen and oxygen atoms in total. The number of hydrogen-bond donors (Lipinski definition) is 12. The molecule has 0 saturated heterocycles. The van der Waals surface area contributed by atoms with Crippen molar-refractivity contribution in [3.05, 3.63) is 171 Å². The zero-order valence-corrected chi connectivity index (χ0v) is 47.2. The van der Waals surface area contributed by atoms with Gasteiger partial charge in [0.25, 0.3) is 25.8 Å². The molecule has 12 N–H and O–H groups in total. The van der Waals surface area contributed by atoms with Crippen LogP contribution in [0.5, 0.6) is 17.5 Å². The average molecular weight is 1300 g/mol. The van der Waals surface area contributed by atoms with Gasteiger partial charge in [0.2, 0.25) is 11.9 Å². The van der Waals surface area contributed by atoms with E-state index in [1.165, 1.54) is 84.9 Å². The number of aromatic hydroxyl groups is 1. The minimum atomic E-state index is -5.35. The molecule has 0 fully saturated rings. The minimum Gasteiger partial charge on any atom is -0.479 e. The fourth-order valence-corrected chi connectivity index (χ4v) is 11.6. The smallest absolute Gasteiger partial charge is 0.335 e. The SMILES string of the molecule is O=C(O)c1cc(Nc2nc(O)nc(Nc3cc(Nc4cc(Oc5ccc(-c6ccc(S(=O)(=O)O)cc6)cc5SOOO)c5[nH]c(=O)c(C(=O)c6cccc(SOOO)c6)c6c5c4C(=O)c4ccccc4-6)c(SOOO)cc3S(=O)(=O)O)n2)cc(C(=O)O)c1. The second-order valence-electron chi connectivity index (χ2n) is 17.8. The lowest BCUT2D eigenvalue weighted by molar-refractivity contribution is -0.432. The van der Waals surface area contributed by atoms with Crippen LogP contribution in [0.3, 0.4) is 0 Å². The van der Waals surface area contributed by atoms with E-state index >= 15 is 4.79 Å². The zero-order valence-electron chi connectivity index (χ0n) is 43.1. The van der Waals surface area contributed by atoms with E-state index in [4.69, 9.17) is 18.7 Å². The van der Waals surface area contributed by atoms with Gasteiger partial charge in [-0.05, 0) is 83.4 Å². The van der Waals surface area contributed by atoms with Crippen LogP contribution in [-0.2, 0) is 48.4 Å². The molecule has 1 aliphatic carbocycles. The van der Waals surface area contributed by atoms with E-state index in [-0.39, 0.29) is 94.0 Å². The number of fused-ring (bicyclic) bond motifs is 2. The number of aromatic carboxylic acids is 2. The van der Waals surface area contributed by atoms with Crippen LogP contribution in [0.15, 0.2) is 157 Å². The van der Waals surface area contributed by atoms with Gasteiger partial charge in [0.05, 0.1) is 95.6 Å². The van der Waals surface area contributed by atoms with E-state index in [1.807, 2.05) is 0 Å². The summed E-state index contributed by atoms with van der Waals surface area (Å²) in [5, 5.41) is 76.7. The number of rotatable bonds is 24. The Balaban J connectivity index is 1.19. The quantitative estimate of drug-likeness (QED) is 0.00879. The van der Waals surface area contributed by atoms with E-state index in [1.54, 1.807) is 0 Å². The van der Waals surface area contributed by atoms with Crippen molar-refractivity contribution in [3.8, 4) is 39.8 Å². The summed E-state index contributed by atoms with van der Waals surface area (Å²) in [6.07, 6.45) is 0. The number of carbonyl (C=O) groups excluding carboxylic acids is 2. The van der Waals surface area contributed by atoms with Crippen molar-refractivity contribution in [1.29, 1.82) is 0 Å². The summed E-state index contributed by atoms with van der Waals surface area (Å²) < 4.78 is 91.1. The third kappa shape index (κ3) is 13.1. The molecule has 36 heteroatoms. The first-order valence-corrected chi connectivity index (χ1v) is 29.1.